The van der Waals surface area contributed by atoms with Crippen LogP contribution in [-0.2, 0) is 0 Å². The lowest BCUT2D eigenvalue weighted by Gasteiger charge is -2.08. The molecule has 1 aromatic carbocycles. The Morgan fingerprint density at radius 2 is 1.92 bits per heavy atom. The van der Waals surface area contributed by atoms with Crippen molar-refractivity contribution < 1.29 is 15.3 Å². The topological polar surface area (TPSA) is 86.7 Å². The second-order valence-corrected chi connectivity index (χ2v) is 2.50. The second kappa shape index (κ2) is 3.42. The van der Waals surface area contributed by atoms with Gasteiger partial charge in [-0.1, -0.05) is 6.07 Å². The average Bonchev–Trinajstić information content (AvgIpc) is 2.08. The highest BCUT2D eigenvalue weighted by molar-refractivity contribution is 5.41. The molecule has 1 atom stereocenters. The number of hydrogen-bond acceptors (Lipinski definition) is 4. The Morgan fingerprint density at radius 3 is 2.42 bits per heavy atom. The van der Waals surface area contributed by atoms with Crippen molar-refractivity contribution in [2.45, 2.75) is 6.10 Å². The van der Waals surface area contributed by atoms with Crippen LogP contribution in [0.4, 0.5) is 0 Å². The van der Waals surface area contributed by atoms with Gasteiger partial charge in [0.2, 0.25) is 0 Å². The van der Waals surface area contributed by atoms with Crippen molar-refractivity contribution in [3.05, 3.63) is 23.8 Å². The van der Waals surface area contributed by atoms with E-state index in [0.717, 1.165) is 0 Å². The first-order chi connectivity index (χ1) is 5.65. The van der Waals surface area contributed by atoms with Crippen LogP contribution in [0.25, 0.3) is 0 Å². The van der Waals surface area contributed by atoms with Crippen LogP contribution in [-0.4, -0.2) is 21.9 Å². The molecule has 5 N–H and O–H groups in total. The Bertz CT molecular complexity index is 275. The van der Waals surface area contributed by atoms with Gasteiger partial charge in [-0.15, -0.1) is 0 Å². The number of rotatable bonds is 2. The maximum absolute atomic E-state index is 9.23. The van der Waals surface area contributed by atoms with Crippen LogP contribution in [0.15, 0.2) is 18.2 Å². The molecule has 1 rings (SSSR count). The molecule has 0 saturated carbocycles. The van der Waals surface area contributed by atoms with Gasteiger partial charge in [0.1, 0.15) is 0 Å². The van der Waals surface area contributed by atoms with E-state index in [1.54, 1.807) is 0 Å². The van der Waals surface area contributed by atoms with E-state index in [4.69, 9.17) is 15.9 Å². The number of benzene rings is 1. The van der Waals surface area contributed by atoms with Gasteiger partial charge in [0.15, 0.2) is 11.5 Å². The first-order valence-electron chi connectivity index (χ1n) is 3.55. The van der Waals surface area contributed by atoms with Gasteiger partial charge in [-0.2, -0.15) is 0 Å². The highest BCUT2D eigenvalue weighted by Gasteiger charge is 2.07. The van der Waals surface area contributed by atoms with Crippen molar-refractivity contribution in [2.75, 3.05) is 6.54 Å². The molecule has 0 amide bonds. The number of hydrogen-bond donors (Lipinski definition) is 4. The maximum Gasteiger partial charge on any atom is 0.157 e. The van der Waals surface area contributed by atoms with Crippen molar-refractivity contribution in [1.82, 2.24) is 0 Å². The normalized spacial score (nSPS) is 12.8. The van der Waals surface area contributed by atoms with E-state index in [-0.39, 0.29) is 18.0 Å². The van der Waals surface area contributed by atoms with Crippen LogP contribution in [0, 0.1) is 0 Å². The van der Waals surface area contributed by atoms with E-state index in [1.807, 2.05) is 0 Å². The summed E-state index contributed by atoms with van der Waals surface area (Å²) in [4.78, 5) is 0. The zero-order chi connectivity index (χ0) is 9.14. The molecule has 4 heteroatoms. The molecule has 12 heavy (non-hydrogen) atoms. The largest absolute Gasteiger partial charge is 0.504 e. The number of aliphatic hydroxyl groups is 1. The van der Waals surface area contributed by atoms with Crippen LogP contribution in [0.3, 0.4) is 0 Å². The molecule has 66 valence electrons. The molecule has 0 bridgehead atoms. The monoisotopic (exact) mass is 168 g/mol. The lowest BCUT2D eigenvalue weighted by atomic mass is 9.91. The summed E-state index contributed by atoms with van der Waals surface area (Å²) in [5, 5.41) is 27.2. The van der Waals surface area contributed by atoms with Gasteiger partial charge in [0.25, 0.3) is 0 Å². The Balaban J connectivity index is 2.96. The second-order valence-electron chi connectivity index (χ2n) is 2.50. The molecule has 4 nitrogen and oxygen atoms in total. The Kier molecular flexibility index (Phi) is 2.52. The molecule has 0 spiro atoms. The number of phenols is 2. The molecule has 0 saturated heterocycles. The molecule has 0 aliphatic heterocycles. The van der Waals surface area contributed by atoms with Crippen LogP contribution in [0.1, 0.15) is 11.7 Å². The third kappa shape index (κ3) is 1.66. The summed E-state index contributed by atoms with van der Waals surface area (Å²) >= 11 is 0. The summed E-state index contributed by atoms with van der Waals surface area (Å²) in [6.07, 6.45) is -0.795. The van der Waals surface area contributed by atoms with Gasteiger partial charge in [0, 0.05) is 6.54 Å². The van der Waals surface area contributed by atoms with Crippen molar-refractivity contribution in [3.63, 3.8) is 0 Å². The highest BCUT2D eigenvalue weighted by atomic mass is 16.3. The van der Waals surface area contributed by atoms with Gasteiger partial charge in [0.05, 0.1) is 6.10 Å². The SMILES string of the molecule is N[11CH2][C@@H](O)c1ccc(O)c(O)c1. The third-order valence-electron chi connectivity index (χ3n) is 1.61. The third-order valence-corrected chi connectivity index (χ3v) is 1.61. The lowest BCUT2D eigenvalue weighted by Crippen LogP contribution is -2.11. The van der Waals surface area contributed by atoms with E-state index in [2.05, 4.69) is 0 Å². The predicted octanol–water partition coefficient (Wildman–Crippen LogP) is 0.0899. The van der Waals surface area contributed by atoms with Crippen LogP contribution >= 0.6 is 0 Å². The lowest BCUT2D eigenvalue weighted by molar-refractivity contribution is 0.186. The zero-order valence-electron chi connectivity index (χ0n) is 6.44. The molecule has 0 radical (unpaired) electrons. The fourth-order valence-electron chi connectivity index (χ4n) is 0.884. The van der Waals surface area contributed by atoms with Gasteiger partial charge in [-0.25, -0.2) is 0 Å². The fraction of sp³-hybridized carbons (Fsp3) is 0.250. The molecule has 0 fully saturated rings. The number of aliphatic hydroxyl groups excluding tert-OH is 1. The molecular weight excluding hydrogens is 157 g/mol. The Morgan fingerprint density at radius 1 is 1.25 bits per heavy atom. The number of aromatic hydroxyl groups is 2. The van der Waals surface area contributed by atoms with E-state index >= 15 is 0 Å². The van der Waals surface area contributed by atoms with Gasteiger partial charge in [-0.05, 0) is 17.7 Å². The number of phenolic OH excluding ortho intramolecular Hbond substituents is 2. The summed E-state index contributed by atoms with van der Waals surface area (Å²) < 4.78 is 0. The smallest absolute Gasteiger partial charge is 0.157 e. The van der Waals surface area contributed by atoms with Gasteiger partial charge in [-0.3, -0.25) is 0 Å². The minimum absolute atomic E-state index is 0.0875. The molecule has 0 heterocycles. The van der Waals surface area contributed by atoms with Crippen molar-refractivity contribution >= 4 is 0 Å². The standard InChI is InChI=1S/C8H11NO3/c9-4-8(12)5-1-2-6(10)7(11)3-5/h1-3,8,10-12H,4,9H2/t8-/m1/s1/i4-1. The van der Waals surface area contributed by atoms with Crippen molar-refractivity contribution in [3.8, 4) is 11.5 Å². The number of nitrogens with two attached hydrogens (primary N) is 1. The van der Waals surface area contributed by atoms with Gasteiger partial charge >= 0.3 is 0 Å². The maximum atomic E-state index is 9.23. The van der Waals surface area contributed by atoms with E-state index in [9.17, 15) is 5.11 Å². The molecular formula is C8H11NO3. The Labute approximate surface area is 69.9 Å². The quantitative estimate of drug-likeness (QED) is 0.471. The van der Waals surface area contributed by atoms with Crippen molar-refractivity contribution in [1.29, 1.82) is 0 Å². The van der Waals surface area contributed by atoms with Crippen LogP contribution in [0.5, 0.6) is 11.5 Å². The summed E-state index contributed by atoms with van der Waals surface area (Å²) in [5.74, 6) is -0.456. The first-order valence-corrected chi connectivity index (χ1v) is 3.55. The van der Waals surface area contributed by atoms with Crippen molar-refractivity contribution in [2.24, 2.45) is 5.73 Å². The van der Waals surface area contributed by atoms with E-state index in [0.29, 0.717) is 5.56 Å². The average molecular weight is 168 g/mol. The molecule has 0 aliphatic carbocycles. The summed E-state index contributed by atoms with van der Waals surface area (Å²) in [7, 11) is 0. The Hall–Kier alpha value is -1.26. The van der Waals surface area contributed by atoms with Gasteiger partial charge < -0.3 is 21.1 Å². The summed E-state index contributed by atoms with van der Waals surface area (Å²) in [6, 6.07) is 4.10. The highest BCUT2D eigenvalue weighted by Crippen LogP contribution is 2.27. The molecule has 0 aromatic heterocycles. The fourth-order valence-corrected chi connectivity index (χ4v) is 0.884. The molecule has 0 unspecified atom stereocenters. The van der Waals surface area contributed by atoms with Crippen LogP contribution < -0.4 is 5.73 Å². The van der Waals surface area contributed by atoms with E-state index in [1.165, 1.54) is 18.2 Å². The van der Waals surface area contributed by atoms with E-state index < -0.39 is 6.10 Å². The zero-order valence-corrected chi connectivity index (χ0v) is 6.44. The first kappa shape index (κ1) is 8.83. The molecule has 1 aromatic rings. The predicted molar refractivity (Wildman–Crippen MR) is 43.8 cm³/mol. The summed E-state index contributed by atoms with van der Waals surface area (Å²) in [6.45, 7) is 0.0875. The minimum atomic E-state index is -0.795. The minimum Gasteiger partial charge on any atom is -0.504 e. The molecule has 0 aliphatic rings. The van der Waals surface area contributed by atoms with Crippen LogP contribution in [0.2, 0.25) is 0 Å². The summed E-state index contributed by atoms with van der Waals surface area (Å²) in [5.41, 5.74) is 5.69.